The first kappa shape index (κ1) is 22.2. The fourth-order valence-corrected chi connectivity index (χ4v) is 6.63. The number of carbonyl (C=O) groups excluding carboxylic acids is 1. The van der Waals surface area contributed by atoms with Gasteiger partial charge in [0.1, 0.15) is 17.8 Å². The fraction of sp³-hybridized carbons (Fsp3) is 0.185. The largest absolute Gasteiger partial charge is 0.502 e. The number of thiophene rings is 1. The molecular formula is C27H19F2N3O4S. The second-order valence-electron chi connectivity index (χ2n) is 9.18. The van der Waals surface area contributed by atoms with E-state index < -0.39 is 40.9 Å². The lowest BCUT2D eigenvalue weighted by Gasteiger charge is -2.51. The number of carbonyl (C=O) groups is 1. The highest BCUT2D eigenvalue weighted by Crippen LogP contribution is 2.50. The number of halogens is 2. The van der Waals surface area contributed by atoms with Crippen LogP contribution in [0.3, 0.4) is 0 Å². The van der Waals surface area contributed by atoms with Crippen LogP contribution in [0.25, 0.3) is 21.6 Å². The monoisotopic (exact) mass is 519 g/mol. The SMILES string of the molecule is O=C1c2c(O)c(=O)ccn2N([C@H]2c3ccc(F)cc3-c3ccsc3-c3cc(F)ccc32)[C@@H]2COCCN12. The first-order valence-electron chi connectivity index (χ1n) is 11.7. The van der Waals surface area contributed by atoms with Crippen molar-refractivity contribution in [2.45, 2.75) is 12.2 Å². The number of aromatic nitrogens is 1. The predicted octanol–water partition coefficient (Wildman–Crippen LogP) is 4.08. The molecule has 37 heavy (non-hydrogen) atoms. The number of aromatic hydroxyl groups is 1. The molecule has 10 heteroatoms. The van der Waals surface area contributed by atoms with E-state index in [9.17, 15) is 23.5 Å². The van der Waals surface area contributed by atoms with E-state index in [0.717, 1.165) is 21.6 Å². The molecule has 3 aliphatic rings. The lowest BCUT2D eigenvalue weighted by Crippen LogP contribution is -2.66. The van der Waals surface area contributed by atoms with E-state index in [2.05, 4.69) is 0 Å². The van der Waals surface area contributed by atoms with Crippen LogP contribution in [0.15, 0.2) is 64.9 Å². The molecule has 4 heterocycles. The summed E-state index contributed by atoms with van der Waals surface area (Å²) in [5, 5.41) is 14.5. The van der Waals surface area contributed by atoms with Crippen LogP contribution in [0.1, 0.15) is 27.7 Å². The Morgan fingerprint density at radius 1 is 0.946 bits per heavy atom. The fourth-order valence-electron chi connectivity index (χ4n) is 5.68. The molecule has 186 valence electrons. The average molecular weight is 520 g/mol. The number of morpholine rings is 1. The number of rotatable bonds is 1. The summed E-state index contributed by atoms with van der Waals surface area (Å²) in [6.45, 7) is 0.734. The molecule has 2 atom stereocenters. The minimum absolute atomic E-state index is 0.156. The van der Waals surface area contributed by atoms with Gasteiger partial charge in [-0.15, -0.1) is 11.3 Å². The van der Waals surface area contributed by atoms with Crippen LogP contribution >= 0.6 is 11.3 Å². The minimum Gasteiger partial charge on any atom is -0.502 e. The number of amides is 1. The van der Waals surface area contributed by atoms with Crippen molar-refractivity contribution in [3.63, 3.8) is 0 Å². The Morgan fingerprint density at radius 3 is 2.46 bits per heavy atom. The van der Waals surface area contributed by atoms with Crippen molar-refractivity contribution < 1.29 is 23.4 Å². The van der Waals surface area contributed by atoms with Gasteiger partial charge in [0, 0.05) is 34.8 Å². The van der Waals surface area contributed by atoms with Gasteiger partial charge in [-0.2, -0.15) is 0 Å². The molecule has 7 nitrogen and oxygen atoms in total. The Kier molecular flexibility index (Phi) is 4.79. The van der Waals surface area contributed by atoms with Crippen molar-refractivity contribution in [3.05, 3.63) is 98.8 Å². The number of hydrogen-bond acceptors (Lipinski definition) is 6. The molecule has 1 N–H and O–H groups in total. The standard InChI is InChI=1S/C27H19F2N3O4S/c28-14-1-3-16-19(11-14)18-6-10-37-26(18)20-12-15(29)2-4-17(20)23(16)32-22-13-36-9-8-30(22)27(35)24-25(34)21(33)5-7-31(24)32/h1-7,10-12,22-23,34H,8-9,13H2/t22-,23+/m1/s1. The van der Waals surface area contributed by atoms with Gasteiger partial charge in [0.2, 0.25) is 5.43 Å². The van der Waals surface area contributed by atoms with Gasteiger partial charge < -0.3 is 14.7 Å². The molecule has 0 spiro atoms. The number of nitrogens with zero attached hydrogens (tertiary/aromatic N) is 3. The summed E-state index contributed by atoms with van der Waals surface area (Å²) in [4.78, 5) is 28.2. The summed E-state index contributed by atoms with van der Waals surface area (Å²) in [6, 6.07) is 11.5. The second-order valence-corrected chi connectivity index (χ2v) is 10.1. The number of pyridine rings is 1. The summed E-state index contributed by atoms with van der Waals surface area (Å²) < 4.78 is 36.5. The second kappa shape index (κ2) is 7.99. The first-order chi connectivity index (χ1) is 17.9. The summed E-state index contributed by atoms with van der Waals surface area (Å²) in [5.74, 6) is -1.95. The van der Waals surface area contributed by atoms with E-state index >= 15 is 0 Å². The van der Waals surface area contributed by atoms with Crippen molar-refractivity contribution in [2.75, 3.05) is 24.8 Å². The van der Waals surface area contributed by atoms with Crippen molar-refractivity contribution >= 4 is 17.2 Å². The van der Waals surface area contributed by atoms with Crippen LogP contribution in [0.5, 0.6) is 5.75 Å². The van der Waals surface area contributed by atoms with Crippen LogP contribution in [0, 0.1) is 11.6 Å². The third kappa shape index (κ3) is 3.12. The maximum Gasteiger partial charge on any atom is 0.278 e. The third-order valence-electron chi connectivity index (χ3n) is 7.26. The van der Waals surface area contributed by atoms with Crippen LogP contribution in [-0.2, 0) is 4.74 Å². The van der Waals surface area contributed by atoms with E-state index in [-0.39, 0.29) is 18.8 Å². The van der Waals surface area contributed by atoms with Gasteiger partial charge >= 0.3 is 0 Å². The molecule has 0 saturated carbocycles. The van der Waals surface area contributed by atoms with E-state index in [1.54, 1.807) is 17.0 Å². The number of fused-ring (bicyclic) bond motifs is 7. The predicted molar refractivity (Wildman–Crippen MR) is 133 cm³/mol. The van der Waals surface area contributed by atoms with Gasteiger partial charge in [-0.25, -0.2) is 8.78 Å². The molecule has 2 aromatic carbocycles. The van der Waals surface area contributed by atoms with Crippen LogP contribution in [0.4, 0.5) is 8.78 Å². The smallest absolute Gasteiger partial charge is 0.278 e. The summed E-state index contributed by atoms with van der Waals surface area (Å²) in [6.07, 6.45) is 0.849. The molecule has 0 radical (unpaired) electrons. The van der Waals surface area contributed by atoms with Crippen molar-refractivity contribution in [3.8, 4) is 27.3 Å². The Hall–Kier alpha value is -4.02. The number of ether oxygens (including phenoxy) is 1. The van der Waals surface area contributed by atoms with Gasteiger partial charge in [0.25, 0.3) is 5.91 Å². The molecule has 7 rings (SSSR count). The Morgan fingerprint density at radius 2 is 1.68 bits per heavy atom. The van der Waals surface area contributed by atoms with Crippen LogP contribution in [-0.4, -0.2) is 46.5 Å². The third-order valence-corrected chi connectivity index (χ3v) is 8.21. The van der Waals surface area contributed by atoms with E-state index in [0.29, 0.717) is 17.7 Å². The molecule has 0 unspecified atom stereocenters. The molecule has 4 aromatic rings. The quantitative estimate of drug-likeness (QED) is 0.410. The van der Waals surface area contributed by atoms with E-state index in [4.69, 9.17) is 4.74 Å². The molecular weight excluding hydrogens is 500 g/mol. The Labute approximate surface area is 213 Å². The lowest BCUT2D eigenvalue weighted by molar-refractivity contribution is -0.0196. The molecule has 1 aliphatic carbocycles. The molecule has 1 amide bonds. The maximum absolute atomic E-state index is 14.6. The highest BCUT2D eigenvalue weighted by molar-refractivity contribution is 7.14. The Bertz CT molecular complexity index is 1600. The zero-order valence-electron chi connectivity index (χ0n) is 19.2. The normalized spacial score (nSPS) is 19.9. The maximum atomic E-state index is 14.6. The summed E-state index contributed by atoms with van der Waals surface area (Å²) >= 11 is 1.44. The zero-order valence-corrected chi connectivity index (χ0v) is 20.0. The van der Waals surface area contributed by atoms with Gasteiger partial charge in [0.15, 0.2) is 11.4 Å². The number of benzene rings is 2. The molecule has 0 bridgehead atoms. The van der Waals surface area contributed by atoms with Gasteiger partial charge in [-0.1, -0.05) is 12.1 Å². The van der Waals surface area contributed by atoms with Crippen LogP contribution < -0.4 is 10.4 Å². The molecule has 1 saturated heterocycles. The van der Waals surface area contributed by atoms with Gasteiger partial charge in [-0.3, -0.25) is 19.3 Å². The van der Waals surface area contributed by atoms with Gasteiger partial charge in [-0.05, 0) is 52.4 Å². The van der Waals surface area contributed by atoms with Crippen molar-refractivity contribution in [2.24, 2.45) is 0 Å². The highest BCUT2D eigenvalue weighted by atomic mass is 32.1. The molecule has 1 fully saturated rings. The highest BCUT2D eigenvalue weighted by Gasteiger charge is 2.46. The number of hydrogen-bond donors (Lipinski definition) is 1. The topological polar surface area (TPSA) is 75.0 Å². The molecule has 2 aliphatic heterocycles. The van der Waals surface area contributed by atoms with Crippen molar-refractivity contribution in [1.82, 2.24) is 9.58 Å². The summed E-state index contributed by atoms with van der Waals surface area (Å²) in [5.41, 5.74) is 2.72. The average Bonchev–Trinajstić information content (AvgIpc) is 3.35. The van der Waals surface area contributed by atoms with E-state index in [1.807, 2.05) is 16.5 Å². The lowest BCUT2D eigenvalue weighted by atomic mass is 9.92. The first-order valence-corrected chi connectivity index (χ1v) is 12.6. The van der Waals surface area contributed by atoms with Gasteiger partial charge in [0.05, 0.1) is 19.3 Å². The van der Waals surface area contributed by atoms with Crippen molar-refractivity contribution in [1.29, 1.82) is 0 Å². The Balaban J connectivity index is 1.58. The van der Waals surface area contributed by atoms with Crippen LogP contribution in [0.2, 0.25) is 0 Å². The summed E-state index contributed by atoms with van der Waals surface area (Å²) in [7, 11) is 0. The zero-order chi connectivity index (χ0) is 25.4. The minimum atomic E-state index is -0.667. The molecule has 2 aromatic heterocycles. The van der Waals surface area contributed by atoms with E-state index in [1.165, 1.54) is 52.5 Å².